The van der Waals surface area contributed by atoms with Crippen LogP contribution in [0.1, 0.15) is 27.2 Å². The number of aryl methyl sites for hydroxylation is 1. The molecule has 8 heteroatoms. The molecule has 0 fully saturated rings. The number of nitrogens with one attached hydrogen (secondary N) is 1. The van der Waals surface area contributed by atoms with E-state index in [-0.39, 0.29) is 5.56 Å². The third-order valence-electron chi connectivity index (χ3n) is 3.90. The molecule has 0 aliphatic rings. The number of rotatable bonds is 4. The van der Waals surface area contributed by atoms with Crippen LogP contribution < -0.4 is 5.43 Å². The molecule has 0 saturated heterocycles. The Morgan fingerprint density at radius 3 is 2.68 bits per heavy atom. The quantitative estimate of drug-likeness (QED) is 0.447. The molecule has 0 aliphatic carbocycles. The van der Waals surface area contributed by atoms with Gasteiger partial charge in [0.05, 0.1) is 11.8 Å². The SMILES string of the molecule is Cc1ccc(Cl)cc1-c1ccc(/C=N\NC(=O)c2cccc(C(F)(F)F)c2)o1. The van der Waals surface area contributed by atoms with Crippen molar-refractivity contribution in [2.75, 3.05) is 0 Å². The third kappa shape index (κ3) is 4.61. The van der Waals surface area contributed by atoms with Crippen LogP contribution in [0, 0.1) is 6.92 Å². The molecule has 1 N–H and O–H groups in total. The second kappa shape index (κ2) is 7.90. The van der Waals surface area contributed by atoms with Crippen LogP contribution in [0.2, 0.25) is 5.02 Å². The van der Waals surface area contributed by atoms with Gasteiger partial charge in [0.2, 0.25) is 0 Å². The van der Waals surface area contributed by atoms with Gasteiger partial charge in [0.1, 0.15) is 11.5 Å². The lowest BCUT2D eigenvalue weighted by molar-refractivity contribution is -0.137. The molecule has 0 unspecified atom stereocenters. The first-order valence-corrected chi connectivity index (χ1v) is 8.49. The number of amides is 1. The first-order chi connectivity index (χ1) is 13.2. The number of furan rings is 1. The Morgan fingerprint density at radius 1 is 1.14 bits per heavy atom. The van der Waals surface area contributed by atoms with Gasteiger partial charge < -0.3 is 4.42 Å². The number of halogens is 4. The third-order valence-corrected chi connectivity index (χ3v) is 4.14. The number of carbonyl (C=O) groups excluding carboxylic acids is 1. The smallest absolute Gasteiger partial charge is 0.416 e. The highest BCUT2D eigenvalue weighted by Gasteiger charge is 2.30. The fraction of sp³-hybridized carbons (Fsp3) is 0.100. The minimum atomic E-state index is -4.53. The lowest BCUT2D eigenvalue weighted by Crippen LogP contribution is -2.18. The van der Waals surface area contributed by atoms with Crippen LogP contribution in [0.25, 0.3) is 11.3 Å². The van der Waals surface area contributed by atoms with Crippen LogP contribution in [0.3, 0.4) is 0 Å². The van der Waals surface area contributed by atoms with E-state index < -0.39 is 17.6 Å². The van der Waals surface area contributed by atoms with Crippen molar-refractivity contribution in [3.8, 4) is 11.3 Å². The summed E-state index contributed by atoms with van der Waals surface area (Å²) in [5.74, 6) is 0.171. The summed E-state index contributed by atoms with van der Waals surface area (Å²) >= 11 is 6.00. The summed E-state index contributed by atoms with van der Waals surface area (Å²) in [5.41, 5.74) is 2.91. The van der Waals surface area contributed by atoms with Crippen molar-refractivity contribution in [2.45, 2.75) is 13.1 Å². The van der Waals surface area contributed by atoms with E-state index in [9.17, 15) is 18.0 Å². The molecule has 3 aromatic rings. The molecule has 1 aromatic heterocycles. The highest BCUT2D eigenvalue weighted by molar-refractivity contribution is 6.30. The minimum absolute atomic E-state index is 0.151. The maximum absolute atomic E-state index is 12.7. The van der Waals surface area contributed by atoms with Gasteiger partial charge in [0.15, 0.2) is 0 Å². The number of nitrogens with zero attached hydrogens (tertiary/aromatic N) is 1. The van der Waals surface area contributed by atoms with E-state index in [0.29, 0.717) is 16.5 Å². The average Bonchev–Trinajstić information content (AvgIpc) is 3.11. The van der Waals surface area contributed by atoms with E-state index in [4.69, 9.17) is 16.0 Å². The molecular formula is C20H14ClF3N2O2. The average molecular weight is 407 g/mol. The Kier molecular flexibility index (Phi) is 5.56. The minimum Gasteiger partial charge on any atom is -0.455 e. The van der Waals surface area contributed by atoms with E-state index in [0.717, 1.165) is 29.3 Å². The van der Waals surface area contributed by atoms with Gasteiger partial charge >= 0.3 is 6.18 Å². The van der Waals surface area contributed by atoms with Crippen molar-refractivity contribution in [1.29, 1.82) is 0 Å². The molecule has 144 valence electrons. The molecule has 1 heterocycles. The van der Waals surface area contributed by atoms with Gasteiger partial charge in [0, 0.05) is 16.1 Å². The number of benzene rings is 2. The van der Waals surface area contributed by atoms with Crippen molar-refractivity contribution in [1.82, 2.24) is 5.43 Å². The van der Waals surface area contributed by atoms with E-state index >= 15 is 0 Å². The van der Waals surface area contributed by atoms with Gasteiger partial charge in [-0.25, -0.2) is 5.43 Å². The maximum Gasteiger partial charge on any atom is 0.416 e. The standard InChI is InChI=1S/C20H14ClF3N2O2/c1-12-5-6-15(21)10-17(12)18-8-7-16(28-18)11-25-26-19(27)13-3-2-4-14(9-13)20(22,23)24/h2-11H,1H3,(H,26,27)/b25-11-. The van der Waals surface area contributed by atoms with Crippen molar-refractivity contribution < 1.29 is 22.4 Å². The molecule has 3 rings (SSSR count). The number of hydrazone groups is 1. The Hall–Kier alpha value is -3.06. The topological polar surface area (TPSA) is 54.6 Å². The maximum atomic E-state index is 12.7. The van der Waals surface area contributed by atoms with Crippen molar-refractivity contribution in [2.24, 2.45) is 5.10 Å². The zero-order chi connectivity index (χ0) is 20.3. The zero-order valence-corrected chi connectivity index (χ0v) is 15.3. The van der Waals surface area contributed by atoms with Gasteiger partial charge in [-0.1, -0.05) is 23.7 Å². The summed E-state index contributed by atoms with van der Waals surface area (Å²) in [7, 11) is 0. The zero-order valence-electron chi connectivity index (χ0n) is 14.5. The number of hydrogen-bond donors (Lipinski definition) is 1. The van der Waals surface area contributed by atoms with Crippen LogP contribution in [0.5, 0.6) is 0 Å². The van der Waals surface area contributed by atoms with E-state index in [1.807, 2.05) is 13.0 Å². The van der Waals surface area contributed by atoms with E-state index in [2.05, 4.69) is 10.5 Å². The van der Waals surface area contributed by atoms with Crippen molar-refractivity contribution >= 4 is 23.7 Å². The monoisotopic (exact) mass is 406 g/mol. The highest BCUT2D eigenvalue weighted by atomic mass is 35.5. The molecule has 28 heavy (non-hydrogen) atoms. The molecule has 0 aliphatic heterocycles. The van der Waals surface area contributed by atoms with Crippen LogP contribution >= 0.6 is 11.6 Å². The van der Waals surface area contributed by atoms with Crippen LogP contribution in [0.15, 0.2) is 64.1 Å². The Morgan fingerprint density at radius 2 is 1.93 bits per heavy atom. The summed E-state index contributed by atoms with van der Waals surface area (Å²) in [6.07, 6.45) is -3.27. The Labute approximate surface area is 163 Å². The summed E-state index contributed by atoms with van der Waals surface area (Å²) < 4.78 is 43.8. The lowest BCUT2D eigenvalue weighted by Gasteiger charge is -2.07. The fourth-order valence-electron chi connectivity index (χ4n) is 2.48. The molecule has 2 aromatic carbocycles. The van der Waals surface area contributed by atoms with Gasteiger partial charge in [-0.15, -0.1) is 0 Å². The highest BCUT2D eigenvalue weighted by Crippen LogP contribution is 2.30. The number of alkyl halides is 3. The fourth-order valence-corrected chi connectivity index (χ4v) is 2.65. The van der Waals surface area contributed by atoms with Crippen LogP contribution in [-0.2, 0) is 6.18 Å². The molecule has 0 spiro atoms. The van der Waals surface area contributed by atoms with Crippen molar-refractivity contribution in [3.05, 3.63) is 82.1 Å². The summed E-state index contributed by atoms with van der Waals surface area (Å²) in [5, 5.41) is 4.30. The van der Waals surface area contributed by atoms with Crippen LogP contribution in [0.4, 0.5) is 13.2 Å². The molecule has 0 atom stereocenters. The normalized spacial score (nSPS) is 11.8. The van der Waals surface area contributed by atoms with Gasteiger partial charge in [-0.3, -0.25) is 4.79 Å². The Bertz CT molecular complexity index is 1040. The molecule has 4 nitrogen and oxygen atoms in total. The molecule has 0 radical (unpaired) electrons. The molecule has 0 bridgehead atoms. The van der Waals surface area contributed by atoms with Gasteiger partial charge in [-0.2, -0.15) is 18.3 Å². The summed E-state index contributed by atoms with van der Waals surface area (Å²) in [6.45, 7) is 1.91. The van der Waals surface area contributed by atoms with E-state index in [1.165, 1.54) is 12.3 Å². The van der Waals surface area contributed by atoms with Crippen LogP contribution in [-0.4, -0.2) is 12.1 Å². The van der Waals surface area contributed by atoms with Crippen molar-refractivity contribution in [3.63, 3.8) is 0 Å². The first-order valence-electron chi connectivity index (χ1n) is 8.11. The number of carbonyl (C=O) groups is 1. The second-order valence-corrected chi connectivity index (χ2v) is 6.38. The largest absolute Gasteiger partial charge is 0.455 e. The van der Waals surface area contributed by atoms with Gasteiger partial charge in [-0.05, 0) is 55.0 Å². The first kappa shape index (κ1) is 19.7. The number of hydrogen-bond acceptors (Lipinski definition) is 3. The molecule has 1 amide bonds. The lowest BCUT2D eigenvalue weighted by atomic mass is 10.1. The van der Waals surface area contributed by atoms with Gasteiger partial charge in [0.25, 0.3) is 5.91 Å². The predicted molar refractivity (Wildman–Crippen MR) is 100 cm³/mol. The summed E-state index contributed by atoms with van der Waals surface area (Å²) in [6, 6.07) is 12.9. The predicted octanol–water partition coefficient (Wildman–Crippen LogP) is 5.69. The molecule has 0 saturated carbocycles. The Balaban J connectivity index is 1.70. The molecular weight excluding hydrogens is 393 g/mol. The van der Waals surface area contributed by atoms with E-state index in [1.54, 1.807) is 24.3 Å². The summed E-state index contributed by atoms with van der Waals surface area (Å²) in [4.78, 5) is 12.0. The second-order valence-electron chi connectivity index (χ2n) is 5.94.